The molecular weight excluding hydrogens is 266 g/mol. The van der Waals surface area contributed by atoms with E-state index in [1.807, 2.05) is 31.2 Å². The van der Waals surface area contributed by atoms with Crippen LogP contribution in [0.5, 0.6) is 5.75 Å². The Hall–Kier alpha value is -1.55. The molecule has 4 heteroatoms. The molecule has 2 rings (SSSR count). The van der Waals surface area contributed by atoms with Crippen molar-refractivity contribution in [1.29, 1.82) is 0 Å². The van der Waals surface area contributed by atoms with Gasteiger partial charge in [-0.05, 0) is 50.4 Å². The zero-order valence-corrected chi connectivity index (χ0v) is 12.9. The second-order valence-electron chi connectivity index (χ2n) is 5.54. The molecule has 1 aliphatic heterocycles. The molecule has 21 heavy (non-hydrogen) atoms. The smallest absolute Gasteiger partial charge is 0.325 e. The maximum atomic E-state index is 11.8. The molecule has 1 aromatic carbocycles. The lowest BCUT2D eigenvalue weighted by molar-refractivity contribution is -0.145. The predicted molar refractivity (Wildman–Crippen MR) is 82.6 cm³/mol. The highest BCUT2D eigenvalue weighted by Gasteiger charge is 2.33. The number of carboxylic acid groups (broad SMARTS) is 1. The number of rotatable bonds is 6. The summed E-state index contributed by atoms with van der Waals surface area (Å²) in [5.74, 6) is -0.0321. The van der Waals surface area contributed by atoms with Gasteiger partial charge in [0, 0.05) is 6.04 Å². The molecule has 1 heterocycles. The van der Waals surface area contributed by atoms with Crippen molar-refractivity contribution in [3.63, 3.8) is 0 Å². The monoisotopic (exact) mass is 291 g/mol. The molecule has 1 fully saturated rings. The van der Waals surface area contributed by atoms with Crippen LogP contribution in [0.2, 0.25) is 0 Å². The highest BCUT2D eigenvalue weighted by molar-refractivity contribution is 5.75. The van der Waals surface area contributed by atoms with Crippen molar-refractivity contribution in [2.24, 2.45) is 0 Å². The first-order valence-corrected chi connectivity index (χ1v) is 7.88. The van der Waals surface area contributed by atoms with Crippen LogP contribution in [0.1, 0.15) is 51.1 Å². The molecular formula is C17H25NO3. The molecule has 0 radical (unpaired) electrons. The molecule has 4 nitrogen and oxygen atoms in total. The number of carboxylic acids is 1. The number of benzene rings is 1. The van der Waals surface area contributed by atoms with Crippen molar-refractivity contribution in [2.75, 3.05) is 13.2 Å². The van der Waals surface area contributed by atoms with Gasteiger partial charge in [-0.1, -0.05) is 25.5 Å². The first kappa shape index (κ1) is 15.8. The van der Waals surface area contributed by atoms with E-state index in [1.54, 1.807) is 0 Å². The summed E-state index contributed by atoms with van der Waals surface area (Å²) in [5, 5.41) is 9.73. The lowest BCUT2D eigenvalue weighted by atomic mass is 9.95. The summed E-state index contributed by atoms with van der Waals surface area (Å²) in [6, 6.07) is 7.29. The minimum absolute atomic E-state index is 0.357. The number of likely N-dealkylation sites (tertiary alicyclic amines) is 1. The van der Waals surface area contributed by atoms with Crippen LogP contribution in [0.3, 0.4) is 0 Å². The van der Waals surface area contributed by atoms with Gasteiger partial charge in [0.05, 0.1) is 6.61 Å². The fraction of sp³-hybridized carbons (Fsp3) is 0.588. The van der Waals surface area contributed by atoms with E-state index in [-0.39, 0.29) is 0 Å². The van der Waals surface area contributed by atoms with Crippen molar-refractivity contribution < 1.29 is 14.6 Å². The highest BCUT2D eigenvalue weighted by Crippen LogP contribution is 2.31. The summed E-state index contributed by atoms with van der Waals surface area (Å²) >= 11 is 0. The number of piperidine rings is 1. The lowest BCUT2D eigenvalue weighted by Gasteiger charge is -2.39. The lowest BCUT2D eigenvalue weighted by Crippen LogP contribution is -2.44. The van der Waals surface area contributed by atoms with E-state index in [0.29, 0.717) is 12.6 Å². The maximum Gasteiger partial charge on any atom is 0.325 e. The average Bonchev–Trinajstić information content (AvgIpc) is 2.48. The Balaban J connectivity index is 2.29. The van der Waals surface area contributed by atoms with Gasteiger partial charge in [0.1, 0.15) is 11.8 Å². The number of aliphatic carboxylic acids is 1. The Morgan fingerprint density at radius 3 is 2.90 bits per heavy atom. The van der Waals surface area contributed by atoms with Gasteiger partial charge in [0.2, 0.25) is 0 Å². The zero-order valence-electron chi connectivity index (χ0n) is 12.9. The molecule has 1 aliphatic rings. The van der Waals surface area contributed by atoms with Gasteiger partial charge in [0.25, 0.3) is 0 Å². The predicted octanol–water partition coefficient (Wildman–Crippen LogP) is 3.48. The maximum absolute atomic E-state index is 11.8. The Morgan fingerprint density at radius 1 is 1.43 bits per heavy atom. The highest BCUT2D eigenvalue weighted by atomic mass is 16.5. The molecule has 0 saturated carbocycles. The zero-order chi connectivity index (χ0) is 15.2. The van der Waals surface area contributed by atoms with Crippen LogP contribution in [0.15, 0.2) is 24.3 Å². The second kappa shape index (κ2) is 7.46. The quantitative estimate of drug-likeness (QED) is 0.872. The van der Waals surface area contributed by atoms with Crippen LogP contribution < -0.4 is 4.74 Å². The summed E-state index contributed by atoms with van der Waals surface area (Å²) in [6.07, 6.45) is 4.35. The summed E-state index contributed by atoms with van der Waals surface area (Å²) in [5.41, 5.74) is 0.814. The largest absolute Gasteiger partial charge is 0.494 e. The first-order chi connectivity index (χ1) is 10.2. The molecule has 0 spiro atoms. The molecule has 1 aromatic rings. The van der Waals surface area contributed by atoms with Gasteiger partial charge in [0.15, 0.2) is 0 Å². The van der Waals surface area contributed by atoms with Gasteiger partial charge in [-0.3, -0.25) is 9.69 Å². The molecule has 2 atom stereocenters. The third kappa shape index (κ3) is 3.76. The topological polar surface area (TPSA) is 49.8 Å². The summed E-state index contributed by atoms with van der Waals surface area (Å²) in [4.78, 5) is 14.0. The van der Waals surface area contributed by atoms with Crippen LogP contribution in [-0.2, 0) is 4.79 Å². The van der Waals surface area contributed by atoms with Gasteiger partial charge < -0.3 is 9.84 Å². The van der Waals surface area contributed by atoms with Crippen molar-refractivity contribution in [1.82, 2.24) is 4.90 Å². The van der Waals surface area contributed by atoms with E-state index in [4.69, 9.17) is 4.74 Å². The number of nitrogens with zero attached hydrogens (tertiary/aromatic N) is 1. The second-order valence-corrected chi connectivity index (χ2v) is 5.54. The Labute approximate surface area is 126 Å². The summed E-state index contributed by atoms with van der Waals surface area (Å²) < 4.78 is 5.51. The van der Waals surface area contributed by atoms with Crippen LogP contribution in [0.4, 0.5) is 0 Å². The van der Waals surface area contributed by atoms with E-state index >= 15 is 0 Å². The van der Waals surface area contributed by atoms with Crippen molar-refractivity contribution in [2.45, 2.75) is 51.6 Å². The third-order valence-corrected chi connectivity index (χ3v) is 4.19. The fourth-order valence-electron chi connectivity index (χ4n) is 3.22. The van der Waals surface area contributed by atoms with Crippen molar-refractivity contribution >= 4 is 5.97 Å². The van der Waals surface area contributed by atoms with Crippen LogP contribution in [0, 0.1) is 0 Å². The minimum Gasteiger partial charge on any atom is -0.494 e. The average molecular weight is 291 g/mol. The fourth-order valence-corrected chi connectivity index (χ4v) is 3.22. The van der Waals surface area contributed by atoms with Crippen LogP contribution in [-0.4, -0.2) is 35.2 Å². The Bertz CT molecular complexity index is 475. The molecule has 1 N–H and O–H groups in total. The Kier molecular flexibility index (Phi) is 5.62. The van der Waals surface area contributed by atoms with Gasteiger partial charge in [-0.2, -0.15) is 0 Å². The van der Waals surface area contributed by atoms with E-state index in [1.165, 1.54) is 6.42 Å². The summed E-state index contributed by atoms with van der Waals surface area (Å²) in [7, 11) is 0. The molecule has 116 valence electrons. The molecule has 1 saturated heterocycles. The van der Waals surface area contributed by atoms with Crippen LogP contribution >= 0.6 is 0 Å². The minimum atomic E-state index is -0.774. The van der Waals surface area contributed by atoms with Gasteiger partial charge in [-0.25, -0.2) is 0 Å². The van der Waals surface area contributed by atoms with Gasteiger partial charge >= 0.3 is 5.97 Å². The third-order valence-electron chi connectivity index (χ3n) is 4.19. The van der Waals surface area contributed by atoms with E-state index in [9.17, 15) is 9.90 Å². The molecule has 2 unspecified atom stereocenters. The normalized spacial score (nSPS) is 21.0. The van der Waals surface area contributed by atoms with Crippen molar-refractivity contribution in [3.8, 4) is 5.75 Å². The van der Waals surface area contributed by atoms with Crippen LogP contribution in [0.25, 0.3) is 0 Å². The first-order valence-electron chi connectivity index (χ1n) is 7.88. The van der Waals surface area contributed by atoms with Gasteiger partial charge in [-0.15, -0.1) is 0 Å². The Morgan fingerprint density at radius 2 is 2.24 bits per heavy atom. The standard InChI is InChI=1S/C17H25NO3/c1-3-14-9-5-6-11-18(14)16(17(19)20)13-8-7-10-15(12-13)21-4-2/h7-8,10,12,14,16H,3-6,9,11H2,1-2H3,(H,19,20). The molecule has 0 aromatic heterocycles. The number of hydrogen-bond acceptors (Lipinski definition) is 3. The number of hydrogen-bond donors (Lipinski definition) is 1. The number of ether oxygens (including phenoxy) is 1. The van der Waals surface area contributed by atoms with Crippen molar-refractivity contribution in [3.05, 3.63) is 29.8 Å². The SMILES string of the molecule is CCOc1cccc(C(C(=O)O)N2CCCCC2CC)c1. The summed E-state index contributed by atoms with van der Waals surface area (Å²) in [6.45, 7) is 5.51. The molecule has 0 amide bonds. The van der Waals surface area contributed by atoms with E-state index in [2.05, 4.69) is 11.8 Å². The van der Waals surface area contributed by atoms with E-state index in [0.717, 1.165) is 37.1 Å². The number of carbonyl (C=O) groups is 1. The molecule has 0 bridgehead atoms. The molecule has 0 aliphatic carbocycles. The van der Waals surface area contributed by atoms with E-state index < -0.39 is 12.0 Å².